The number of fused-ring (bicyclic) bond motifs is 1. The zero-order chi connectivity index (χ0) is 12.9. The van der Waals surface area contributed by atoms with Gasteiger partial charge in [-0.1, -0.05) is 0 Å². The molecule has 0 aromatic carbocycles. The van der Waals surface area contributed by atoms with Gasteiger partial charge in [-0.3, -0.25) is 9.59 Å². The van der Waals surface area contributed by atoms with Crippen LogP contribution in [0.4, 0.5) is 0 Å². The Balaban J connectivity index is 1.60. The van der Waals surface area contributed by atoms with E-state index in [-0.39, 0.29) is 17.1 Å². The molecule has 3 fully saturated rings. The Morgan fingerprint density at radius 2 is 1.89 bits per heavy atom. The molecule has 0 radical (unpaired) electrons. The van der Waals surface area contributed by atoms with Crippen LogP contribution in [0.1, 0.15) is 26.2 Å². The minimum atomic E-state index is -0.138. The molecule has 18 heavy (non-hydrogen) atoms. The zero-order valence-corrected chi connectivity index (χ0v) is 11.3. The molecule has 0 aromatic rings. The number of likely N-dealkylation sites (tertiary alicyclic amines) is 2. The van der Waals surface area contributed by atoms with E-state index >= 15 is 0 Å². The Morgan fingerprint density at radius 1 is 1.22 bits per heavy atom. The van der Waals surface area contributed by atoms with E-state index < -0.39 is 0 Å². The number of nitrogens with zero attached hydrogens (tertiary/aromatic N) is 2. The molecule has 3 aliphatic rings. The van der Waals surface area contributed by atoms with Crippen LogP contribution in [0.15, 0.2) is 0 Å². The summed E-state index contributed by atoms with van der Waals surface area (Å²) in [6.07, 6.45) is 2.96. The third kappa shape index (κ3) is 1.78. The fourth-order valence-electron chi connectivity index (χ4n) is 3.71. The Labute approximate surface area is 108 Å². The Bertz CT molecular complexity index is 387. The van der Waals surface area contributed by atoms with Gasteiger partial charge in [0, 0.05) is 19.0 Å². The Morgan fingerprint density at radius 3 is 2.44 bits per heavy atom. The first-order valence-corrected chi connectivity index (χ1v) is 7.01. The lowest BCUT2D eigenvalue weighted by Gasteiger charge is -2.31. The maximum absolute atomic E-state index is 12.4. The number of carbonyl (C=O) groups excluding carboxylic acids is 2. The fourth-order valence-corrected chi connectivity index (χ4v) is 3.71. The first-order valence-electron chi connectivity index (χ1n) is 7.01. The van der Waals surface area contributed by atoms with Crippen LogP contribution < -0.4 is 0 Å². The summed E-state index contributed by atoms with van der Waals surface area (Å²) in [7, 11) is 2.11. The Kier molecular flexibility index (Phi) is 2.73. The predicted molar refractivity (Wildman–Crippen MR) is 68.0 cm³/mol. The van der Waals surface area contributed by atoms with Gasteiger partial charge >= 0.3 is 0 Å². The summed E-state index contributed by atoms with van der Waals surface area (Å²) >= 11 is 0. The highest BCUT2D eigenvalue weighted by molar-refractivity contribution is 5.89. The van der Waals surface area contributed by atoms with E-state index in [1.54, 1.807) is 6.92 Å². The van der Waals surface area contributed by atoms with Gasteiger partial charge in [0.05, 0.1) is 5.41 Å². The van der Waals surface area contributed by atoms with Gasteiger partial charge < -0.3 is 9.80 Å². The van der Waals surface area contributed by atoms with E-state index in [9.17, 15) is 9.59 Å². The molecule has 1 saturated carbocycles. The lowest BCUT2D eigenvalue weighted by atomic mass is 9.95. The van der Waals surface area contributed by atoms with Gasteiger partial charge in [0.1, 0.15) is 5.78 Å². The van der Waals surface area contributed by atoms with Crippen LogP contribution in [0, 0.1) is 17.3 Å². The van der Waals surface area contributed by atoms with Crippen molar-refractivity contribution < 1.29 is 9.59 Å². The second-order valence-corrected chi connectivity index (χ2v) is 6.41. The van der Waals surface area contributed by atoms with E-state index in [2.05, 4.69) is 11.9 Å². The molecule has 4 nitrogen and oxygen atoms in total. The van der Waals surface area contributed by atoms with E-state index in [0.29, 0.717) is 18.4 Å². The van der Waals surface area contributed by atoms with Crippen LogP contribution in [-0.4, -0.2) is 54.7 Å². The molecule has 2 atom stereocenters. The average Bonchev–Trinajstić information content (AvgIpc) is 2.93. The second-order valence-electron chi connectivity index (χ2n) is 6.41. The van der Waals surface area contributed by atoms with Crippen LogP contribution in [-0.2, 0) is 9.59 Å². The predicted octanol–water partition coefficient (Wildman–Crippen LogP) is 0.766. The zero-order valence-electron chi connectivity index (χ0n) is 11.3. The van der Waals surface area contributed by atoms with E-state index in [1.165, 1.54) is 0 Å². The third-order valence-electron chi connectivity index (χ3n) is 5.23. The van der Waals surface area contributed by atoms with Crippen LogP contribution >= 0.6 is 0 Å². The minimum absolute atomic E-state index is 0.138. The van der Waals surface area contributed by atoms with Crippen LogP contribution in [0.25, 0.3) is 0 Å². The molecular weight excluding hydrogens is 228 g/mol. The van der Waals surface area contributed by atoms with Crippen molar-refractivity contribution in [1.82, 2.24) is 9.80 Å². The van der Waals surface area contributed by atoms with E-state index in [4.69, 9.17) is 0 Å². The molecule has 0 aromatic heterocycles. The van der Waals surface area contributed by atoms with Gasteiger partial charge in [-0.2, -0.15) is 0 Å². The lowest BCUT2D eigenvalue weighted by molar-refractivity contribution is -0.137. The molecule has 2 heterocycles. The Hall–Kier alpha value is -0.900. The highest BCUT2D eigenvalue weighted by Crippen LogP contribution is 2.58. The molecule has 100 valence electrons. The normalized spacial score (nSPS) is 36.6. The standard InChI is InChI=1S/C14H22N2O2/c1-10(17)14-7-12(14)8-16(9-14)13(18)11-3-5-15(2)6-4-11/h11-12H,3-9H2,1-2H3. The van der Waals surface area contributed by atoms with Gasteiger partial charge in [0.25, 0.3) is 0 Å². The average molecular weight is 250 g/mol. The number of Topliss-reactive ketones (excluding diaryl/α,β-unsaturated/α-hetero) is 1. The van der Waals surface area contributed by atoms with Crippen molar-refractivity contribution in [3.63, 3.8) is 0 Å². The molecule has 1 aliphatic carbocycles. The smallest absolute Gasteiger partial charge is 0.225 e. The summed E-state index contributed by atoms with van der Waals surface area (Å²) < 4.78 is 0. The maximum Gasteiger partial charge on any atom is 0.225 e. The molecule has 0 N–H and O–H groups in total. The van der Waals surface area contributed by atoms with Crippen LogP contribution in [0.3, 0.4) is 0 Å². The molecule has 4 heteroatoms. The van der Waals surface area contributed by atoms with E-state index in [1.807, 2.05) is 4.90 Å². The molecular formula is C14H22N2O2. The van der Waals surface area contributed by atoms with Gasteiger partial charge in [0.15, 0.2) is 0 Å². The largest absolute Gasteiger partial charge is 0.341 e. The summed E-state index contributed by atoms with van der Waals surface area (Å²) in [5, 5.41) is 0. The van der Waals surface area contributed by atoms with Crippen molar-refractivity contribution in [2.75, 3.05) is 33.2 Å². The highest BCUT2D eigenvalue weighted by atomic mass is 16.2. The first kappa shape index (κ1) is 12.2. The molecule has 2 saturated heterocycles. The topological polar surface area (TPSA) is 40.6 Å². The lowest BCUT2D eigenvalue weighted by Crippen LogP contribution is -2.42. The van der Waals surface area contributed by atoms with Gasteiger partial charge in [-0.05, 0) is 52.2 Å². The summed E-state index contributed by atoms with van der Waals surface area (Å²) in [5.41, 5.74) is -0.138. The van der Waals surface area contributed by atoms with Crippen molar-refractivity contribution in [2.45, 2.75) is 26.2 Å². The van der Waals surface area contributed by atoms with Gasteiger partial charge in [-0.25, -0.2) is 0 Å². The number of piperidine rings is 2. The molecule has 3 rings (SSSR count). The summed E-state index contributed by atoms with van der Waals surface area (Å²) in [6.45, 7) is 5.24. The number of hydrogen-bond donors (Lipinski definition) is 0. The first-order chi connectivity index (χ1) is 8.53. The number of rotatable bonds is 2. The summed E-state index contributed by atoms with van der Waals surface area (Å²) in [5.74, 6) is 1.25. The molecule has 1 amide bonds. The summed E-state index contributed by atoms with van der Waals surface area (Å²) in [4.78, 5) is 28.3. The van der Waals surface area contributed by atoms with Crippen molar-refractivity contribution in [3.05, 3.63) is 0 Å². The van der Waals surface area contributed by atoms with Crippen LogP contribution in [0.2, 0.25) is 0 Å². The maximum atomic E-state index is 12.4. The van der Waals surface area contributed by atoms with E-state index in [0.717, 1.165) is 38.9 Å². The summed E-state index contributed by atoms with van der Waals surface area (Å²) in [6, 6.07) is 0. The fraction of sp³-hybridized carbons (Fsp3) is 0.857. The number of hydrogen-bond acceptors (Lipinski definition) is 3. The van der Waals surface area contributed by atoms with Gasteiger partial charge in [0.2, 0.25) is 5.91 Å². The SMILES string of the molecule is CC(=O)C12CC1CN(C(=O)C1CCN(C)CC1)C2. The van der Waals surface area contributed by atoms with Crippen molar-refractivity contribution in [3.8, 4) is 0 Å². The molecule has 2 aliphatic heterocycles. The highest BCUT2D eigenvalue weighted by Gasteiger charge is 2.64. The second kappa shape index (κ2) is 4.05. The molecule has 0 spiro atoms. The monoisotopic (exact) mass is 250 g/mol. The van der Waals surface area contributed by atoms with Crippen molar-refractivity contribution in [2.24, 2.45) is 17.3 Å². The quantitative estimate of drug-likeness (QED) is 0.726. The van der Waals surface area contributed by atoms with Gasteiger partial charge in [-0.15, -0.1) is 0 Å². The van der Waals surface area contributed by atoms with Crippen molar-refractivity contribution in [1.29, 1.82) is 0 Å². The third-order valence-corrected chi connectivity index (χ3v) is 5.23. The minimum Gasteiger partial charge on any atom is -0.341 e. The molecule has 0 bridgehead atoms. The molecule has 2 unspecified atom stereocenters. The van der Waals surface area contributed by atoms with Crippen molar-refractivity contribution >= 4 is 11.7 Å². The number of amides is 1. The van der Waals surface area contributed by atoms with Crippen LogP contribution in [0.5, 0.6) is 0 Å². The number of ketones is 1. The number of carbonyl (C=O) groups is 2.